The maximum atomic E-state index is 3.28. The van der Waals surface area contributed by atoms with Crippen LogP contribution in [0, 0.1) is 12.2 Å². The summed E-state index contributed by atoms with van der Waals surface area (Å²) >= 11 is 0. The van der Waals surface area contributed by atoms with Gasteiger partial charge in [0.15, 0.2) is 0 Å². The van der Waals surface area contributed by atoms with Gasteiger partial charge in [-0.1, -0.05) is 53.4 Å². The van der Waals surface area contributed by atoms with Crippen molar-refractivity contribution in [2.45, 2.75) is 53.4 Å². The SMILES string of the molecule is CCC1=CCC(C)=[C-]1.CCC1=CCC(C)=[C-]1.[Hf]. The number of allylic oxidation sites excluding steroid dienone is 8. The smallest absolute Gasteiger partial charge is 0 e. The van der Waals surface area contributed by atoms with Gasteiger partial charge < -0.3 is 0 Å². The first-order valence-electron chi connectivity index (χ1n) is 6.22. The Kier molecular flexibility index (Phi) is 8.77. The van der Waals surface area contributed by atoms with Crippen molar-refractivity contribution in [3.8, 4) is 0 Å². The van der Waals surface area contributed by atoms with Crippen molar-refractivity contribution in [2.24, 2.45) is 0 Å². The second-order valence-electron chi connectivity index (χ2n) is 4.38. The summed E-state index contributed by atoms with van der Waals surface area (Å²) in [7, 11) is 0. The zero-order valence-corrected chi connectivity index (χ0v) is 15.1. The fourth-order valence-electron chi connectivity index (χ4n) is 1.77. The van der Waals surface area contributed by atoms with E-state index in [9.17, 15) is 0 Å². The van der Waals surface area contributed by atoms with E-state index < -0.39 is 0 Å². The molecule has 0 bridgehead atoms. The number of rotatable bonds is 2. The van der Waals surface area contributed by atoms with E-state index in [0.717, 1.165) is 25.7 Å². The zero-order chi connectivity index (χ0) is 12.0. The molecule has 0 atom stereocenters. The molecule has 0 radical (unpaired) electrons. The minimum absolute atomic E-state index is 0. The van der Waals surface area contributed by atoms with Gasteiger partial charge in [0, 0.05) is 25.8 Å². The molecule has 2 rings (SSSR count). The Hall–Kier alpha value is -0.170. The van der Waals surface area contributed by atoms with Crippen LogP contribution >= 0.6 is 0 Å². The van der Waals surface area contributed by atoms with E-state index in [2.05, 4.69) is 52.0 Å². The van der Waals surface area contributed by atoms with Crippen LogP contribution in [0.25, 0.3) is 0 Å². The molecule has 1 heteroatoms. The molecule has 0 unspecified atom stereocenters. The first kappa shape index (κ1) is 16.8. The van der Waals surface area contributed by atoms with Gasteiger partial charge in [-0.15, -0.1) is 0 Å². The first-order chi connectivity index (χ1) is 7.65. The van der Waals surface area contributed by atoms with E-state index >= 15 is 0 Å². The predicted octanol–water partition coefficient (Wildman–Crippen LogP) is 4.95. The fraction of sp³-hybridized carbons (Fsp3) is 0.500. The Morgan fingerprint density at radius 2 is 1.24 bits per heavy atom. The quantitative estimate of drug-likeness (QED) is 0.461. The van der Waals surface area contributed by atoms with Crippen LogP contribution in [0.1, 0.15) is 53.4 Å². The van der Waals surface area contributed by atoms with E-state index in [-0.39, 0.29) is 25.8 Å². The molecule has 2 aliphatic rings. The Bertz CT molecular complexity index is 318. The van der Waals surface area contributed by atoms with Crippen LogP contribution in [-0.2, 0) is 25.8 Å². The van der Waals surface area contributed by atoms with Crippen LogP contribution in [0.2, 0.25) is 0 Å². The topological polar surface area (TPSA) is 0 Å². The summed E-state index contributed by atoms with van der Waals surface area (Å²) in [5.41, 5.74) is 5.51. The van der Waals surface area contributed by atoms with Gasteiger partial charge in [0.25, 0.3) is 0 Å². The van der Waals surface area contributed by atoms with E-state index in [1.54, 1.807) is 0 Å². The third kappa shape index (κ3) is 6.35. The monoisotopic (exact) mass is 394 g/mol. The van der Waals surface area contributed by atoms with Gasteiger partial charge in [-0.2, -0.15) is 11.1 Å². The normalized spacial score (nSPS) is 17.2. The van der Waals surface area contributed by atoms with Crippen LogP contribution in [0.4, 0.5) is 0 Å². The molecule has 2 aliphatic carbocycles. The van der Waals surface area contributed by atoms with E-state index in [0.29, 0.717) is 0 Å². The fourth-order valence-corrected chi connectivity index (χ4v) is 1.77. The molecule has 17 heavy (non-hydrogen) atoms. The molecule has 0 nitrogen and oxygen atoms in total. The molecule has 0 aliphatic heterocycles. The van der Waals surface area contributed by atoms with Crippen molar-refractivity contribution in [2.75, 3.05) is 0 Å². The molecule has 0 aromatic rings. The molecule has 92 valence electrons. The third-order valence-corrected chi connectivity index (χ3v) is 2.82. The Labute approximate surface area is 125 Å². The number of hydrogen-bond donors (Lipinski definition) is 0. The maximum Gasteiger partial charge on any atom is 0 e. The van der Waals surface area contributed by atoms with Crippen molar-refractivity contribution in [1.29, 1.82) is 0 Å². The molecule has 0 saturated heterocycles. The molecule has 0 fully saturated rings. The molecule has 0 spiro atoms. The molecular weight excluding hydrogens is 371 g/mol. The summed E-state index contributed by atoms with van der Waals surface area (Å²) in [6.07, 6.45) is 15.6. The average molecular weight is 393 g/mol. The maximum absolute atomic E-state index is 3.28. The predicted molar refractivity (Wildman–Crippen MR) is 70.8 cm³/mol. The molecule has 0 amide bonds. The number of hydrogen-bond acceptors (Lipinski definition) is 0. The van der Waals surface area contributed by atoms with Gasteiger partial charge in [0.2, 0.25) is 0 Å². The van der Waals surface area contributed by atoms with Crippen molar-refractivity contribution < 1.29 is 25.8 Å². The van der Waals surface area contributed by atoms with E-state index in [4.69, 9.17) is 0 Å². The Balaban J connectivity index is 0.000000284. The van der Waals surface area contributed by atoms with Gasteiger partial charge in [0.05, 0.1) is 0 Å². The average Bonchev–Trinajstić information content (AvgIpc) is 2.88. The largest absolute Gasteiger partial charge is 0.250 e. The van der Waals surface area contributed by atoms with Crippen molar-refractivity contribution in [3.05, 3.63) is 46.6 Å². The minimum Gasteiger partial charge on any atom is -0.250 e. The second kappa shape index (κ2) is 8.85. The van der Waals surface area contributed by atoms with Gasteiger partial charge in [-0.05, 0) is 0 Å². The molecule has 0 aromatic heterocycles. The van der Waals surface area contributed by atoms with Crippen LogP contribution in [0.15, 0.2) is 34.4 Å². The van der Waals surface area contributed by atoms with Crippen LogP contribution in [0.3, 0.4) is 0 Å². The summed E-state index contributed by atoms with van der Waals surface area (Å²) in [4.78, 5) is 0. The van der Waals surface area contributed by atoms with Gasteiger partial charge >= 0.3 is 0 Å². The van der Waals surface area contributed by atoms with Gasteiger partial charge in [-0.3, -0.25) is 0 Å². The standard InChI is InChI=1S/2C8H11.Hf/c2*1-3-8-5-4-7(2)6-8;/h2*5H,3-4H2,1-2H3;/q2*-1;. The van der Waals surface area contributed by atoms with Crippen LogP contribution < -0.4 is 0 Å². The summed E-state index contributed by atoms with van der Waals surface area (Å²) in [6, 6.07) is 0. The molecule has 0 aromatic carbocycles. The third-order valence-electron chi connectivity index (χ3n) is 2.82. The Morgan fingerprint density at radius 1 is 0.882 bits per heavy atom. The molecule has 0 saturated carbocycles. The van der Waals surface area contributed by atoms with Crippen molar-refractivity contribution in [1.82, 2.24) is 0 Å². The zero-order valence-electron chi connectivity index (χ0n) is 11.5. The Morgan fingerprint density at radius 3 is 1.35 bits per heavy atom. The van der Waals surface area contributed by atoms with Crippen molar-refractivity contribution >= 4 is 0 Å². The molecular formula is C16H22Hf-2. The van der Waals surface area contributed by atoms with Gasteiger partial charge in [0.1, 0.15) is 0 Å². The first-order valence-corrected chi connectivity index (χ1v) is 6.22. The molecule has 0 N–H and O–H groups in total. The summed E-state index contributed by atoms with van der Waals surface area (Å²) in [5, 5.41) is 0. The van der Waals surface area contributed by atoms with Crippen LogP contribution in [0.5, 0.6) is 0 Å². The second-order valence-corrected chi connectivity index (χ2v) is 4.38. The summed E-state index contributed by atoms with van der Waals surface area (Å²) in [5.74, 6) is 0. The minimum atomic E-state index is 0. The van der Waals surface area contributed by atoms with E-state index in [1.807, 2.05) is 0 Å². The van der Waals surface area contributed by atoms with E-state index in [1.165, 1.54) is 22.3 Å². The van der Waals surface area contributed by atoms with Crippen LogP contribution in [-0.4, -0.2) is 0 Å². The van der Waals surface area contributed by atoms with Gasteiger partial charge in [-0.25, -0.2) is 35.5 Å². The summed E-state index contributed by atoms with van der Waals surface area (Å²) in [6.45, 7) is 8.58. The summed E-state index contributed by atoms with van der Waals surface area (Å²) < 4.78 is 0. The van der Waals surface area contributed by atoms with Crippen molar-refractivity contribution in [3.63, 3.8) is 0 Å². The molecule has 0 heterocycles.